The van der Waals surface area contributed by atoms with Crippen LogP contribution in [0.3, 0.4) is 0 Å². The second kappa shape index (κ2) is 41.6. The first-order chi connectivity index (χ1) is 23.2. The van der Waals surface area contributed by atoms with Crippen LogP contribution in [0.2, 0.25) is 0 Å². The monoisotopic (exact) mass is 665 g/mol. The zero-order chi connectivity index (χ0) is 34.1. The highest BCUT2D eigenvalue weighted by molar-refractivity contribution is 5.72. The quantitative estimate of drug-likeness (QED) is 0.0661. The van der Waals surface area contributed by atoms with E-state index >= 15 is 0 Å². The molecule has 0 fully saturated rings. The van der Waals surface area contributed by atoms with E-state index in [9.17, 15) is 9.90 Å². The van der Waals surface area contributed by atoms with Crippen LogP contribution in [0.1, 0.15) is 264 Å². The fraction of sp³-hybridized carbons (Fsp3) is 0.977. The fourth-order valence-electron chi connectivity index (χ4n) is 7.09. The molecule has 0 spiro atoms. The number of carboxylic acids is 1. The van der Waals surface area contributed by atoms with Crippen molar-refractivity contribution in [2.45, 2.75) is 270 Å². The van der Waals surface area contributed by atoms with E-state index in [0.717, 1.165) is 19.3 Å². The minimum atomic E-state index is -0.773. The summed E-state index contributed by atoms with van der Waals surface area (Å²) in [5.74, 6) is -0.773. The van der Waals surface area contributed by atoms with Gasteiger partial charge in [-0.15, -0.1) is 0 Å². The minimum Gasteiger partial charge on any atom is -0.479 e. The Kier molecular flexibility index (Phi) is 41.1. The van der Waals surface area contributed by atoms with Crippen LogP contribution in [0.5, 0.6) is 0 Å². The van der Waals surface area contributed by atoms with E-state index in [2.05, 4.69) is 13.8 Å². The molecular formula is C44H88O3. The smallest absolute Gasteiger partial charge is 0.332 e. The van der Waals surface area contributed by atoms with Gasteiger partial charge in [0, 0.05) is 6.61 Å². The number of aliphatic carboxylic acids is 1. The van der Waals surface area contributed by atoms with Crippen LogP contribution in [-0.2, 0) is 9.53 Å². The van der Waals surface area contributed by atoms with E-state index in [1.54, 1.807) is 0 Å². The highest BCUT2D eigenvalue weighted by atomic mass is 16.5. The average molecular weight is 665 g/mol. The van der Waals surface area contributed by atoms with E-state index in [0.29, 0.717) is 13.0 Å². The van der Waals surface area contributed by atoms with Gasteiger partial charge in [0.15, 0.2) is 6.10 Å². The van der Waals surface area contributed by atoms with Crippen molar-refractivity contribution < 1.29 is 14.6 Å². The van der Waals surface area contributed by atoms with Crippen LogP contribution in [0.25, 0.3) is 0 Å². The van der Waals surface area contributed by atoms with Crippen LogP contribution < -0.4 is 0 Å². The minimum absolute atomic E-state index is 0.601. The van der Waals surface area contributed by atoms with Gasteiger partial charge in [-0.3, -0.25) is 0 Å². The molecule has 0 heterocycles. The Morgan fingerprint density at radius 3 is 0.809 bits per heavy atom. The fourth-order valence-corrected chi connectivity index (χ4v) is 7.09. The zero-order valence-corrected chi connectivity index (χ0v) is 32.6. The van der Waals surface area contributed by atoms with Crippen LogP contribution in [0.15, 0.2) is 0 Å². The molecule has 0 saturated heterocycles. The maximum atomic E-state index is 11.6. The number of rotatable bonds is 42. The van der Waals surface area contributed by atoms with Crippen LogP contribution in [-0.4, -0.2) is 23.8 Å². The summed E-state index contributed by atoms with van der Waals surface area (Å²) in [6.07, 6.45) is 52.1. The van der Waals surface area contributed by atoms with Gasteiger partial charge in [-0.1, -0.05) is 251 Å². The van der Waals surface area contributed by atoms with Gasteiger partial charge in [-0.05, 0) is 12.8 Å². The lowest BCUT2D eigenvalue weighted by molar-refractivity contribution is -0.151. The molecule has 0 radical (unpaired) electrons. The molecule has 0 amide bonds. The van der Waals surface area contributed by atoms with Crippen molar-refractivity contribution in [2.24, 2.45) is 0 Å². The lowest BCUT2D eigenvalue weighted by Crippen LogP contribution is -2.24. The van der Waals surface area contributed by atoms with E-state index in [1.165, 1.54) is 225 Å². The second-order valence-corrected chi connectivity index (χ2v) is 15.2. The number of carbonyl (C=O) groups is 1. The SMILES string of the molecule is CCCCCCCCCCCCCCCCCCCCCCOC(CCCCCCCCCCCCCCCCCCCC)C(=O)O. The molecule has 0 bridgehead atoms. The van der Waals surface area contributed by atoms with Crippen LogP contribution in [0.4, 0.5) is 0 Å². The Labute approximate surface area is 297 Å². The lowest BCUT2D eigenvalue weighted by Gasteiger charge is -2.13. The van der Waals surface area contributed by atoms with Crippen LogP contribution >= 0.6 is 0 Å². The summed E-state index contributed by atoms with van der Waals surface area (Å²) in [5.41, 5.74) is 0. The molecular weight excluding hydrogens is 576 g/mol. The van der Waals surface area contributed by atoms with Gasteiger partial charge in [-0.2, -0.15) is 0 Å². The summed E-state index contributed by atoms with van der Waals surface area (Å²) in [4.78, 5) is 11.6. The Morgan fingerprint density at radius 2 is 0.574 bits per heavy atom. The summed E-state index contributed by atoms with van der Waals surface area (Å²) in [6.45, 7) is 5.19. The topological polar surface area (TPSA) is 46.5 Å². The maximum absolute atomic E-state index is 11.6. The summed E-state index contributed by atoms with van der Waals surface area (Å²) < 4.78 is 5.77. The van der Waals surface area contributed by atoms with Crippen molar-refractivity contribution in [3.8, 4) is 0 Å². The van der Waals surface area contributed by atoms with Crippen molar-refractivity contribution in [1.29, 1.82) is 0 Å². The third kappa shape index (κ3) is 39.7. The number of ether oxygens (including phenoxy) is 1. The third-order valence-electron chi connectivity index (χ3n) is 10.4. The molecule has 282 valence electrons. The zero-order valence-electron chi connectivity index (χ0n) is 32.6. The standard InChI is InChI=1S/C44H88O3/c1-3-5-7-9-11-13-15-17-19-21-23-24-26-28-30-32-34-36-38-40-42-47-43(44(45)46)41-39-37-35-33-31-29-27-25-22-20-18-16-14-12-10-8-6-4-2/h43H,3-42H2,1-2H3,(H,45,46). The molecule has 0 aromatic heterocycles. The number of hydrogen-bond acceptors (Lipinski definition) is 2. The van der Waals surface area contributed by atoms with Gasteiger partial charge in [0.25, 0.3) is 0 Å². The summed E-state index contributed by atoms with van der Waals surface area (Å²) in [5, 5.41) is 9.56. The highest BCUT2D eigenvalue weighted by Gasteiger charge is 2.17. The van der Waals surface area contributed by atoms with E-state index < -0.39 is 12.1 Å². The summed E-state index contributed by atoms with van der Waals surface area (Å²) in [6, 6.07) is 0. The van der Waals surface area contributed by atoms with Gasteiger partial charge in [0.2, 0.25) is 0 Å². The maximum Gasteiger partial charge on any atom is 0.332 e. The Bertz CT molecular complexity index is 576. The van der Waals surface area contributed by atoms with Crippen molar-refractivity contribution in [1.82, 2.24) is 0 Å². The molecule has 1 atom stereocenters. The third-order valence-corrected chi connectivity index (χ3v) is 10.4. The first-order valence-electron chi connectivity index (χ1n) is 22.1. The van der Waals surface area contributed by atoms with Crippen molar-refractivity contribution >= 4 is 5.97 Å². The molecule has 47 heavy (non-hydrogen) atoms. The van der Waals surface area contributed by atoms with Gasteiger partial charge in [-0.25, -0.2) is 4.79 Å². The molecule has 0 aliphatic heterocycles. The molecule has 1 N–H and O–H groups in total. The second-order valence-electron chi connectivity index (χ2n) is 15.2. The predicted molar refractivity (Wildman–Crippen MR) is 209 cm³/mol. The van der Waals surface area contributed by atoms with Gasteiger partial charge in [0.05, 0.1) is 0 Å². The van der Waals surface area contributed by atoms with Gasteiger partial charge in [0.1, 0.15) is 0 Å². The summed E-state index contributed by atoms with van der Waals surface area (Å²) in [7, 11) is 0. The predicted octanol–water partition coefficient (Wildman–Crippen LogP) is 15.7. The summed E-state index contributed by atoms with van der Waals surface area (Å²) >= 11 is 0. The average Bonchev–Trinajstić information content (AvgIpc) is 3.07. The van der Waals surface area contributed by atoms with Gasteiger partial charge < -0.3 is 9.84 Å². The van der Waals surface area contributed by atoms with Crippen LogP contribution in [0, 0.1) is 0 Å². The number of hydrogen-bond donors (Lipinski definition) is 1. The molecule has 1 unspecified atom stereocenters. The molecule has 3 nitrogen and oxygen atoms in total. The van der Waals surface area contributed by atoms with Crippen molar-refractivity contribution in [3.63, 3.8) is 0 Å². The van der Waals surface area contributed by atoms with Crippen molar-refractivity contribution in [2.75, 3.05) is 6.61 Å². The normalized spacial score (nSPS) is 12.2. The Balaban J connectivity index is 3.34. The first kappa shape index (κ1) is 46.4. The Hall–Kier alpha value is -0.570. The molecule has 3 heteroatoms. The molecule has 0 saturated carbocycles. The van der Waals surface area contributed by atoms with Gasteiger partial charge >= 0.3 is 5.97 Å². The molecule has 0 rings (SSSR count). The molecule has 0 aliphatic carbocycles. The first-order valence-corrected chi connectivity index (χ1v) is 22.1. The Morgan fingerprint density at radius 1 is 0.362 bits per heavy atom. The van der Waals surface area contributed by atoms with E-state index in [4.69, 9.17) is 4.74 Å². The largest absolute Gasteiger partial charge is 0.479 e. The highest BCUT2D eigenvalue weighted by Crippen LogP contribution is 2.17. The number of unbranched alkanes of at least 4 members (excludes halogenated alkanes) is 36. The van der Waals surface area contributed by atoms with E-state index in [-0.39, 0.29) is 0 Å². The number of carboxylic acid groups (broad SMARTS) is 1. The molecule has 0 aromatic rings. The van der Waals surface area contributed by atoms with E-state index in [1.807, 2.05) is 0 Å². The lowest BCUT2D eigenvalue weighted by atomic mass is 10.0. The molecule has 0 aromatic carbocycles. The molecule has 0 aliphatic rings. The van der Waals surface area contributed by atoms with Crippen molar-refractivity contribution in [3.05, 3.63) is 0 Å².